The minimum absolute atomic E-state index is 0.0161. The lowest BCUT2D eigenvalue weighted by atomic mass is 9.73. The van der Waals surface area contributed by atoms with E-state index < -0.39 is 5.41 Å². The average Bonchev–Trinajstić information content (AvgIpc) is 3.38. The van der Waals surface area contributed by atoms with E-state index in [9.17, 15) is 9.59 Å². The van der Waals surface area contributed by atoms with Crippen molar-refractivity contribution in [3.63, 3.8) is 0 Å². The van der Waals surface area contributed by atoms with Crippen molar-refractivity contribution in [3.8, 4) is 11.5 Å². The molecule has 1 N–H and O–H groups in total. The normalized spacial score (nSPS) is 21.9. The van der Waals surface area contributed by atoms with Crippen LogP contribution in [0.5, 0.6) is 11.5 Å². The maximum absolute atomic E-state index is 13.5. The fraction of sp³-hybridized carbons (Fsp3) is 0.500. The molecular weight excluding hydrogens is 444 g/mol. The fourth-order valence-corrected chi connectivity index (χ4v) is 5.33. The number of ether oxygens (including phenoxy) is 3. The smallest absolute Gasteiger partial charge is 0.248 e. The van der Waals surface area contributed by atoms with Crippen molar-refractivity contribution in [2.45, 2.75) is 44.6 Å². The molecule has 7 heteroatoms. The van der Waals surface area contributed by atoms with Gasteiger partial charge in [0, 0.05) is 26.2 Å². The molecule has 0 radical (unpaired) electrons. The zero-order chi connectivity index (χ0) is 24.1. The number of benzene rings is 2. The molecule has 2 aromatic carbocycles. The van der Waals surface area contributed by atoms with Gasteiger partial charge in [0.15, 0.2) is 0 Å². The minimum Gasteiger partial charge on any atom is -0.457 e. The quantitative estimate of drug-likeness (QED) is 0.728. The number of likely N-dealkylation sites (tertiary alicyclic amines) is 1. The van der Waals surface area contributed by atoms with Crippen molar-refractivity contribution >= 4 is 11.8 Å². The first-order chi connectivity index (χ1) is 17.1. The largest absolute Gasteiger partial charge is 0.457 e. The third-order valence-electron chi connectivity index (χ3n) is 7.38. The highest BCUT2D eigenvalue weighted by molar-refractivity contribution is 5.84. The standard InChI is InChI=1S/C28H34N2O5/c31-26(20-33-19-25-8-3-15-34-25)30-13-10-28(11-14-30)18-22-5-2-7-24(17-22)35-23-6-1-4-21(16-23)9-12-29-27(28)32/h1-2,4-7,16-17,25H,3,8-15,18-20H2,(H,29,32). The number of rotatable bonds is 4. The van der Waals surface area contributed by atoms with Gasteiger partial charge in [0.05, 0.1) is 18.1 Å². The number of hydrogen-bond donors (Lipinski definition) is 1. The molecular formula is C28H34N2O5. The topological polar surface area (TPSA) is 77.1 Å². The van der Waals surface area contributed by atoms with E-state index in [0.29, 0.717) is 45.5 Å². The van der Waals surface area contributed by atoms with E-state index in [0.717, 1.165) is 48.5 Å². The molecule has 3 heterocycles. The molecule has 2 fully saturated rings. The van der Waals surface area contributed by atoms with Crippen LogP contribution in [0, 0.1) is 5.41 Å². The fourth-order valence-electron chi connectivity index (χ4n) is 5.33. The first-order valence-corrected chi connectivity index (χ1v) is 12.7. The average molecular weight is 479 g/mol. The van der Waals surface area contributed by atoms with Crippen molar-refractivity contribution in [1.29, 1.82) is 0 Å². The Morgan fingerprint density at radius 3 is 2.57 bits per heavy atom. The molecule has 35 heavy (non-hydrogen) atoms. The Kier molecular flexibility index (Phi) is 7.35. The van der Waals surface area contributed by atoms with Crippen molar-refractivity contribution in [3.05, 3.63) is 59.7 Å². The van der Waals surface area contributed by atoms with Gasteiger partial charge in [0.2, 0.25) is 11.8 Å². The SMILES string of the molecule is O=C(COCC1CCCO1)N1CCC2(CC1)Cc1cccc(c1)Oc1cccc(c1)CCNC2=O. The highest BCUT2D eigenvalue weighted by atomic mass is 16.5. The zero-order valence-corrected chi connectivity index (χ0v) is 20.2. The van der Waals surface area contributed by atoms with Gasteiger partial charge in [0.1, 0.15) is 18.1 Å². The molecule has 0 saturated carbocycles. The number of nitrogens with one attached hydrogen (secondary N) is 1. The first-order valence-electron chi connectivity index (χ1n) is 12.7. The Bertz CT molecular complexity index is 1040. The summed E-state index contributed by atoms with van der Waals surface area (Å²) in [5, 5.41) is 3.19. The molecule has 5 rings (SSSR count). The summed E-state index contributed by atoms with van der Waals surface area (Å²) in [7, 11) is 0. The number of fused-ring (bicyclic) bond motifs is 4. The van der Waals surface area contributed by atoms with Crippen LogP contribution in [0.15, 0.2) is 48.5 Å². The van der Waals surface area contributed by atoms with Crippen LogP contribution in [0.4, 0.5) is 0 Å². The third-order valence-corrected chi connectivity index (χ3v) is 7.38. The summed E-state index contributed by atoms with van der Waals surface area (Å²) < 4.78 is 17.3. The van der Waals surface area contributed by atoms with Gasteiger partial charge in [-0.2, -0.15) is 0 Å². The van der Waals surface area contributed by atoms with Crippen molar-refractivity contribution in [1.82, 2.24) is 10.2 Å². The Labute approximate surface area is 206 Å². The molecule has 2 amide bonds. The summed E-state index contributed by atoms with van der Waals surface area (Å²) >= 11 is 0. The molecule has 0 aliphatic carbocycles. The summed E-state index contributed by atoms with van der Waals surface area (Å²) in [4.78, 5) is 28.1. The van der Waals surface area contributed by atoms with Crippen LogP contribution >= 0.6 is 0 Å². The van der Waals surface area contributed by atoms with Crippen LogP contribution in [0.3, 0.4) is 0 Å². The monoisotopic (exact) mass is 478 g/mol. The molecule has 1 atom stereocenters. The third kappa shape index (κ3) is 5.85. The van der Waals surface area contributed by atoms with Crippen molar-refractivity contribution in [2.75, 3.05) is 39.5 Å². The lowest BCUT2D eigenvalue weighted by molar-refractivity contribution is -0.144. The molecule has 3 aliphatic rings. The van der Waals surface area contributed by atoms with Gasteiger partial charge in [-0.1, -0.05) is 24.3 Å². The Hall–Kier alpha value is -2.90. The van der Waals surface area contributed by atoms with Crippen molar-refractivity contribution in [2.24, 2.45) is 5.41 Å². The molecule has 2 saturated heterocycles. The van der Waals surface area contributed by atoms with Crippen LogP contribution in [0.2, 0.25) is 0 Å². The highest BCUT2D eigenvalue weighted by Crippen LogP contribution is 2.37. The predicted molar refractivity (Wildman–Crippen MR) is 131 cm³/mol. The predicted octanol–water partition coefficient (Wildman–Crippen LogP) is 3.50. The molecule has 1 spiro atoms. The summed E-state index contributed by atoms with van der Waals surface area (Å²) in [6, 6.07) is 16.0. The van der Waals surface area contributed by atoms with Crippen LogP contribution in [0.25, 0.3) is 0 Å². The van der Waals surface area contributed by atoms with Crippen LogP contribution in [-0.2, 0) is 31.9 Å². The lowest BCUT2D eigenvalue weighted by Gasteiger charge is -2.41. The molecule has 7 nitrogen and oxygen atoms in total. The number of carbonyl (C=O) groups excluding carboxylic acids is 2. The van der Waals surface area contributed by atoms with Crippen LogP contribution < -0.4 is 10.1 Å². The number of carbonyl (C=O) groups is 2. The maximum Gasteiger partial charge on any atom is 0.248 e. The Morgan fingerprint density at radius 1 is 1.09 bits per heavy atom. The van der Waals surface area contributed by atoms with Gasteiger partial charge < -0.3 is 24.4 Å². The van der Waals surface area contributed by atoms with Gasteiger partial charge in [-0.05, 0) is 73.9 Å². The van der Waals surface area contributed by atoms with E-state index in [1.807, 2.05) is 41.3 Å². The van der Waals surface area contributed by atoms with Gasteiger partial charge in [-0.3, -0.25) is 9.59 Å². The van der Waals surface area contributed by atoms with E-state index >= 15 is 0 Å². The number of nitrogens with zero attached hydrogens (tertiary/aromatic N) is 1. The molecule has 186 valence electrons. The molecule has 3 aliphatic heterocycles. The first kappa shape index (κ1) is 23.8. The Morgan fingerprint density at radius 2 is 1.83 bits per heavy atom. The summed E-state index contributed by atoms with van der Waals surface area (Å²) in [5.74, 6) is 1.62. The lowest BCUT2D eigenvalue weighted by Crippen LogP contribution is -2.52. The summed E-state index contributed by atoms with van der Waals surface area (Å²) in [5.41, 5.74) is 1.63. The molecule has 4 bridgehead atoms. The number of amides is 2. The summed E-state index contributed by atoms with van der Waals surface area (Å²) in [6.07, 6.45) is 4.75. The van der Waals surface area contributed by atoms with E-state index in [-0.39, 0.29) is 24.5 Å². The second kappa shape index (κ2) is 10.8. The Balaban J connectivity index is 1.26. The van der Waals surface area contributed by atoms with Crippen LogP contribution in [-0.4, -0.2) is 62.3 Å². The van der Waals surface area contributed by atoms with E-state index in [1.165, 1.54) is 0 Å². The van der Waals surface area contributed by atoms with Crippen LogP contribution in [0.1, 0.15) is 36.8 Å². The van der Waals surface area contributed by atoms with E-state index in [2.05, 4.69) is 17.4 Å². The van der Waals surface area contributed by atoms with Gasteiger partial charge >= 0.3 is 0 Å². The number of hydrogen-bond acceptors (Lipinski definition) is 5. The highest BCUT2D eigenvalue weighted by Gasteiger charge is 2.42. The zero-order valence-electron chi connectivity index (χ0n) is 20.2. The second-order valence-electron chi connectivity index (χ2n) is 9.89. The van der Waals surface area contributed by atoms with Gasteiger partial charge in [0.25, 0.3) is 0 Å². The molecule has 0 aromatic heterocycles. The number of piperidine rings is 1. The van der Waals surface area contributed by atoms with E-state index in [1.54, 1.807) is 0 Å². The van der Waals surface area contributed by atoms with E-state index in [4.69, 9.17) is 14.2 Å². The second-order valence-corrected chi connectivity index (χ2v) is 9.89. The maximum atomic E-state index is 13.5. The van der Waals surface area contributed by atoms with Gasteiger partial charge in [-0.25, -0.2) is 0 Å². The van der Waals surface area contributed by atoms with Gasteiger partial charge in [-0.15, -0.1) is 0 Å². The summed E-state index contributed by atoms with van der Waals surface area (Å²) in [6.45, 7) is 2.98. The molecule has 2 aromatic rings. The minimum atomic E-state index is -0.555. The molecule has 1 unspecified atom stereocenters. The van der Waals surface area contributed by atoms with Crippen molar-refractivity contribution < 1.29 is 23.8 Å².